The van der Waals surface area contributed by atoms with E-state index in [1.165, 1.54) is 20.0 Å². The molecule has 0 aliphatic rings. The highest BCUT2D eigenvalue weighted by atomic mass is 16.5. The number of hydrogen-bond acceptors (Lipinski definition) is 4. The zero-order valence-electron chi connectivity index (χ0n) is 14.8. The summed E-state index contributed by atoms with van der Waals surface area (Å²) in [5.74, 6) is 0.309. The molecule has 2 aromatic rings. The Balaban J connectivity index is 2.30. The molecule has 1 aromatic heterocycles. The van der Waals surface area contributed by atoms with Crippen molar-refractivity contribution in [1.82, 2.24) is 4.98 Å². The van der Waals surface area contributed by atoms with Crippen molar-refractivity contribution in [1.29, 1.82) is 0 Å². The Kier molecular flexibility index (Phi) is 6.36. The van der Waals surface area contributed by atoms with E-state index in [1.807, 2.05) is 25.1 Å². The minimum atomic E-state index is -0.310. The van der Waals surface area contributed by atoms with E-state index in [1.54, 1.807) is 6.07 Å². The van der Waals surface area contributed by atoms with Gasteiger partial charge in [-0.1, -0.05) is 44.0 Å². The standard InChI is InChI=1S/C20H26N2O2/c1-4-5-6-10-16-13-17(14(2)22-19(16)21)12-15-9-7-8-11-18(15)20(23)24-3/h7-9,11,13H,4-6,10,12H2,1-3H3,(H2,21,22). The van der Waals surface area contributed by atoms with Crippen molar-refractivity contribution in [2.75, 3.05) is 12.8 Å². The van der Waals surface area contributed by atoms with E-state index in [0.29, 0.717) is 17.8 Å². The van der Waals surface area contributed by atoms with Crippen LogP contribution in [0.2, 0.25) is 0 Å². The van der Waals surface area contributed by atoms with Crippen molar-refractivity contribution in [3.05, 3.63) is 58.3 Å². The summed E-state index contributed by atoms with van der Waals surface area (Å²) in [6.45, 7) is 4.15. The number of carbonyl (C=O) groups is 1. The average Bonchev–Trinajstić information content (AvgIpc) is 2.58. The minimum Gasteiger partial charge on any atom is -0.465 e. The summed E-state index contributed by atoms with van der Waals surface area (Å²) >= 11 is 0. The van der Waals surface area contributed by atoms with Crippen LogP contribution >= 0.6 is 0 Å². The van der Waals surface area contributed by atoms with Crippen molar-refractivity contribution < 1.29 is 9.53 Å². The molecule has 4 nitrogen and oxygen atoms in total. The van der Waals surface area contributed by atoms with Crippen LogP contribution in [0.1, 0.15) is 58.9 Å². The number of pyridine rings is 1. The second-order valence-electron chi connectivity index (χ2n) is 6.06. The van der Waals surface area contributed by atoms with Crippen LogP contribution in [0.4, 0.5) is 5.82 Å². The first kappa shape index (κ1) is 18.0. The van der Waals surface area contributed by atoms with Gasteiger partial charge in [-0.2, -0.15) is 0 Å². The Bertz CT molecular complexity index is 711. The molecule has 1 aromatic carbocycles. The number of nitrogens with zero attached hydrogens (tertiary/aromatic N) is 1. The molecular weight excluding hydrogens is 300 g/mol. The van der Waals surface area contributed by atoms with Crippen molar-refractivity contribution in [2.45, 2.75) is 46.0 Å². The number of ether oxygens (including phenoxy) is 1. The molecule has 0 aliphatic heterocycles. The van der Waals surface area contributed by atoms with Gasteiger partial charge in [0, 0.05) is 12.1 Å². The third-order valence-corrected chi connectivity index (χ3v) is 4.28. The molecule has 0 radical (unpaired) electrons. The van der Waals surface area contributed by atoms with Gasteiger partial charge in [-0.05, 0) is 42.5 Å². The number of carbonyl (C=O) groups excluding carboxylic acids is 1. The minimum absolute atomic E-state index is 0.310. The van der Waals surface area contributed by atoms with Crippen LogP contribution in [0.5, 0.6) is 0 Å². The Morgan fingerprint density at radius 1 is 1.17 bits per heavy atom. The zero-order valence-corrected chi connectivity index (χ0v) is 14.8. The maximum absolute atomic E-state index is 11.9. The summed E-state index contributed by atoms with van der Waals surface area (Å²) in [7, 11) is 1.40. The van der Waals surface area contributed by atoms with Crippen LogP contribution in [0.3, 0.4) is 0 Å². The second kappa shape index (κ2) is 8.48. The summed E-state index contributed by atoms with van der Waals surface area (Å²) in [6, 6.07) is 9.67. The van der Waals surface area contributed by atoms with Crippen molar-refractivity contribution in [2.24, 2.45) is 0 Å². The fourth-order valence-corrected chi connectivity index (χ4v) is 2.85. The summed E-state index contributed by atoms with van der Waals surface area (Å²) in [4.78, 5) is 16.5. The first-order chi connectivity index (χ1) is 11.6. The molecule has 0 aliphatic carbocycles. The Labute approximate surface area is 144 Å². The molecule has 0 atom stereocenters. The van der Waals surface area contributed by atoms with Gasteiger partial charge in [-0.3, -0.25) is 0 Å². The normalized spacial score (nSPS) is 10.6. The molecule has 4 heteroatoms. The predicted octanol–water partition coefficient (Wildman–Crippen LogP) is 4.08. The van der Waals surface area contributed by atoms with Gasteiger partial charge in [0.2, 0.25) is 0 Å². The number of anilines is 1. The molecule has 0 unspecified atom stereocenters. The Morgan fingerprint density at radius 3 is 2.62 bits per heavy atom. The summed E-state index contributed by atoms with van der Waals surface area (Å²) in [6.07, 6.45) is 5.07. The molecule has 128 valence electrons. The number of unbranched alkanes of at least 4 members (excludes halogenated alkanes) is 2. The summed E-state index contributed by atoms with van der Waals surface area (Å²) in [5.41, 5.74) is 10.7. The molecular formula is C20H26N2O2. The number of nitrogen functional groups attached to an aromatic ring is 1. The molecule has 2 N–H and O–H groups in total. The lowest BCUT2D eigenvalue weighted by Gasteiger charge is -2.13. The topological polar surface area (TPSA) is 65.2 Å². The lowest BCUT2D eigenvalue weighted by molar-refractivity contribution is 0.0599. The number of rotatable bonds is 7. The fraction of sp³-hybridized carbons (Fsp3) is 0.400. The number of methoxy groups -OCH3 is 1. The van der Waals surface area contributed by atoms with Crippen molar-refractivity contribution >= 4 is 11.8 Å². The van der Waals surface area contributed by atoms with Crippen LogP contribution in [0.25, 0.3) is 0 Å². The van der Waals surface area contributed by atoms with Gasteiger partial charge >= 0.3 is 5.97 Å². The van der Waals surface area contributed by atoms with E-state index in [4.69, 9.17) is 10.5 Å². The third-order valence-electron chi connectivity index (χ3n) is 4.28. The van der Waals surface area contributed by atoms with E-state index in [-0.39, 0.29) is 5.97 Å². The second-order valence-corrected chi connectivity index (χ2v) is 6.06. The molecule has 0 spiro atoms. The molecule has 2 rings (SSSR count). The molecule has 0 saturated heterocycles. The Hall–Kier alpha value is -2.36. The number of benzene rings is 1. The zero-order chi connectivity index (χ0) is 17.5. The first-order valence-corrected chi connectivity index (χ1v) is 8.47. The van der Waals surface area contributed by atoms with Gasteiger partial charge in [0.15, 0.2) is 0 Å². The number of hydrogen-bond donors (Lipinski definition) is 1. The van der Waals surface area contributed by atoms with E-state index in [9.17, 15) is 4.79 Å². The average molecular weight is 326 g/mol. The maximum Gasteiger partial charge on any atom is 0.338 e. The summed E-state index contributed by atoms with van der Waals surface area (Å²) in [5, 5.41) is 0. The number of nitrogens with two attached hydrogens (primary N) is 1. The Morgan fingerprint density at radius 2 is 1.92 bits per heavy atom. The van der Waals surface area contributed by atoms with E-state index >= 15 is 0 Å². The molecule has 0 fully saturated rings. The molecule has 0 amide bonds. The van der Waals surface area contributed by atoms with Gasteiger partial charge in [0.05, 0.1) is 12.7 Å². The van der Waals surface area contributed by atoms with E-state index < -0.39 is 0 Å². The first-order valence-electron chi connectivity index (χ1n) is 8.47. The van der Waals surface area contributed by atoms with E-state index in [2.05, 4.69) is 18.0 Å². The predicted molar refractivity (Wildman–Crippen MR) is 97.2 cm³/mol. The smallest absolute Gasteiger partial charge is 0.338 e. The van der Waals surface area contributed by atoms with Gasteiger partial charge < -0.3 is 10.5 Å². The van der Waals surface area contributed by atoms with E-state index in [0.717, 1.165) is 35.2 Å². The maximum atomic E-state index is 11.9. The third kappa shape index (κ3) is 4.34. The largest absolute Gasteiger partial charge is 0.465 e. The summed E-state index contributed by atoms with van der Waals surface area (Å²) < 4.78 is 4.88. The highest BCUT2D eigenvalue weighted by Crippen LogP contribution is 2.22. The highest BCUT2D eigenvalue weighted by Gasteiger charge is 2.14. The van der Waals surface area contributed by atoms with Crippen molar-refractivity contribution in [3.8, 4) is 0 Å². The lowest BCUT2D eigenvalue weighted by atomic mass is 9.96. The number of esters is 1. The van der Waals surface area contributed by atoms with Crippen LogP contribution in [-0.4, -0.2) is 18.1 Å². The van der Waals surface area contributed by atoms with Gasteiger partial charge in [0.1, 0.15) is 5.82 Å². The monoisotopic (exact) mass is 326 g/mol. The number of aromatic nitrogens is 1. The lowest BCUT2D eigenvalue weighted by Crippen LogP contribution is -2.08. The molecule has 0 bridgehead atoms. The van der Waals surface area contributed by atoms with Gasteiger partial charge in [-0.25, -0.2) is 9.78 Å². The SMILES string of the molecule is CCCCCc1cc(Cc2ccccc2C(=O)OC)c(C)nc1N. The van der Waals surface area contributed by atoms with Crippen LogP contribution < -0.4 is 5.73 Å². The quantitative estimate of drug-likeness (QED) is 0.615. The molecule has 24 heavy (non-hydrogen) atoms. The molecule has 0 saturated carbocycles. The van der Waals surface area contributed by atoms with Crippen LogP contribution in [-0.2, 0) is 17.6 Å². The number of aryl methyl sites for hydroxylation is 2. The fourth-order valence-electron chi connectivity index (χ4n) is 2.85. The van der Waals surface area contributed by atoms with Crippen LogP contribution in [0.15, 0.2) is 30.3 Å². The van der Waals surface area contributed by atoms with Crippen LogP contribution in [0, 0.1) is 6.92 Å². The van der Waals surface area contributed by atoms with Gasteiger partial charge in [-0.15, -0.1) is 0 Å². The highest BCUT2D eigenvalue weighted by molar-refractivity contribution is 5.91. The van der Waals surface area contributed by atoms with Crippen molar-refractivity contribution in [3.63, 3.8) is 0 Å². The van der Waals surface area contributed by atoms with Gasteiger partial charge in [0.25, 0.3) is 0 Å². The molecule has 1 heterocycles.